The molecule has 2 aliphatic rings. The van der Waals surface area contributed by atoms with Crippen molar-refractivity contribution in [2.24, 2.45) is 17.7 Å². The topological polar surface area (TPSA) is 47.3 Å². The van der Waals surface area contributed by atoms with Crippen LogP contribution in [0.25, 0.3) is 0 Å². The molecule has 0 radical (unpaired) electrons. The van der Waals surface area contributed by atoms with Gasteiger partial charge in [-0.15, -0.1) is 0 Å². The lowest BCUT2D eigenvalue weighted by Gasteiger charge is -2.38. The van der Waals surface area contributed by atoms with Gasteiger partial charge in [0.15, 0.2) is 0 Å². The van der Waals surface area contributed by atoms with E-state index in [1.165, 1.54) is 57.8 Å². The summed E-state index contributed by atoms with van der Waals surface area (Å²) >= 11 is 0. The zero-order valence-corrected chi connectivity index (χ0v) is 11.9. The number of hydrogen-bond donors (Lipinski definition) is 2. The van der Waals surface area contributed by atoms with E-state index in [9.17, 15) is 0 Å². The number of hydrogen-bond acceptors (Lipinski definition) is 3. The van der Waals surface area contributed by atoms with Crippen molar-refractivity contribution < 1.29 is 4.74 Å². The van der Waals surface area contributed by atoms with Crippen molar-refractivity contribution in [1.29, 1.82) is 0 Å². The van der Waals surface area contributed by atoms with E-state index >= 15 is 0 Å². The highest BCUT2D eigenvalue weighted by atomic mass is 16.5. The van der Waals surface area contributed by atoms with Gasteiger partial charge in [-0.1, -0.05) is 32.1 Å². The first-order valence-corrected chi connectivity index (χ1v) is 7.94. The van der Waals surface area contributed by atoms with Gasteiger partial charge in [0.2, 0.25) is 0 Å². The van der Waals surface area contributed by atoms with Crippen LogP contribution in [0.3, 0.4) is 0 Å². The maximum absolute atomic E-state index is 6.10. The van der Waals surface area contributed by atoms with Gasteiger partial charge < -0.3 is 4.74 Å². The maximum Gasteiger partial charge on any atom is 0.0772 e. The first-order valence-electron chi connectivity index (χ1n) is 7.94. The quantitative estimate of drug-likeness (QED) is 0.566. The summed E-state index contributed by atoms with van der Waals surface area (Å²) in [7, 11) is 0. The molecule has 0 aromatic heterocycles. The van der Waals surface area contributed by atoms with Crippen LogP contribution in [0, 0.1) is 11.8 Å². The smallest absolute Gasteiger partial charge is 0.0772 e. The molecule has 3 nitrogen and oxygen atoms in total. The second kappa shape index (κ2) is 7.46. The zero-order chi connectivity index (χ0) is 12.8. The number of nitrogens with two attached hydrogens (primary N) is 1. The Morgan fingerprint density at radius 2 is 1.56 bits per heavy atom. The van der Waals surface area contributed by atoms with E-state index in [1.54, 1.807) is 0 Å². The molecule has 2 saturated carbocycles. The molecule has 2 atom stereocenters. The Hall–Kier alpha value is -0.120. The molecule has 0 aromatic carbocycles. The molecule has 106 valence electrons. The summed E-state index contributed by atoms with van der Waals surface area (Å²) < 4.78 is 6.10. The molecule has 0 spiro atoms. The molecule has 0 bridgehead atoms. The third-order valence-electron chi connectivity index (χ3n) is 4.93. The molecule has 18 heavy (non-hydrogen) atoms. The Morgan fingerprint density at radius 3 is 2.11 bits per heavy atom. The molecule has 0 amide bonds. The molecule has 2 unspecified atom stereocenters. The van der Waals surface area contributed by atoms with Crippen molar-refractivity contribution in [2.75, 3.05) is 6.61 Å². The van der Waals surface area contributed by atoms with Crippen LogP contribution in [0.1, 0.15) is 64.7 Å². The largest absolute Gasteiger partial charge is 0.377 e. The molecule has 3 heteroatoms. The van der Waals surface area contributed by atoms with Crippen LogP contribution < -0.4 is 11.3 Å². The molecule has 0 aliphatic heterocycles. The first kappa shape index (κ1) is 14.3. The minimum absolute atomic E-state index is 0.336. The van der Waals surface area contributed by atoms with Crippen LogP contribution >= 0.6 is 0 Å². The summed E-state index contributed by atoms with van der Waals surface area (Å²) in [6.45, 7) is 2.92. The van der Waals surface area contributed by atoms with Gasteiger partial charge in [0.25, 0.3) is 0 Å². The fourth-order valence-corrected chi connectivity index (χ4v) is 4.00. The Morgan fingerprint density at radius 1 is 1.00 bits per heavy atom. The lowest BCUT2D eigenvalue weighted by Crippen LogP contribution is -2.52. The van der Waals surface area contributed by atoms with Gasteiger partial charge in [-0.25, -0.2) is 0 Å². The van der Waals surface area contributed by atoms with Crippen LogP contribution in [0.5, 0.6) is 0 Å². The van der Waals surface area contributed by atoms with Crippen LogP contribution in [0.15, 0.2) is 0 Å². The fourth-order valence-electron chi connectivity index (χ4n) is 4.00. The summed E-state index contributed by atoms with van der Waals surface area (Å²) in [5, 5.41) is 0. The lowest BCUT2D eigenvalue weighted by atomic mass is 9.79. The number of hydrazine groups is 1. The van der Waals surface area contributed by atoms with Gasteiger partial charge in [0, 0.05) is 6.61 Å². The van der Waals surface area contributed by atoms with E-state index in [-0.39, 0.29) is 0 Å². The van der Waals surface area contributed by atoms with Crippen LogP contribution in [0.4, 0.5) is 0 Å². The average Bonchev–Trinajstić information content (AvgIpc) is 2.94. The summed E-state index contributed by atoms with van der Waals surface area (Å²) in [5.74, 6) is 7.31. The molecule has 0 heterocycles. The number of nitrogens with one attached hydrogen (secondary N) is 1. The Labute approximate surface area is 112 Å². The van der Waals surface area contributed by atoms with E-state index < -0.39 is 0 Å². The van der Waals surface area contributed by atoms with Gasteiger partial charge in [-0.2, -0.15) is 0 Å². The van der Waals surface area contributed by atoms with Crippen molar-refractivity contribution in [3.05, 3.63) is 0 Å². The molecule has 3 N–H and O–H groups in total. The highest BCUT2D eigenvalue weighted by Gasteiger charge is 2.36. The minimum Gasteiger partial charge on any atom is -0.377 e. The second-order valence-corrected chi connectivity index (χ2v) is 6.06. The molecular formula is C15H30N2O. The minimum atomic E-state index is 0.336. The molecule has 2 rings (SSSR count). The second-order valence-electron chi connectivity index (χ2n) is 6.06. The molecular weight excluding hydrogens is 224 g/mol. The van der Waals surface area contributed by atoms with E-state index in [0.717, 1.165) is 18.4 Å². The summed E-state index contributed by atoms with van der Waals surface area (Å²) in [5.41, 5.74) is 3.10. The van der Waals surface area contributed by atoms with Crippen molar-refractivity contribution in [3.8, 4) is 0 Å². The Bertz CT molecular complexity index is 223. The van der Waals surface area contributed by atoms with Gasteiger partial charge >= 0.3 is 0 Å². The van der Waals surface area contributed by atoms with E-state index in [4.69, 9.17) is 10.6 Å². The summed E-state index contributed by atoms with van der Waals surface area (Å²) in [6.07, 6.45) is 12.5. The molecule has 0 saturated heterocycles. The standard InChI is InChI=1S/C15H30N2O/c1-2-18-15(13-10-4-3-5-11-13)14(17-16)12-8-6-7-9-12/h12-15,17H,2-11,16H2,1H3. The fraction of sp³-hybridized carbons (Fsp3) is 1.00. The molecule has 2 aliphatic carbocycles. The van der Waals surface area contributed by atoms with Gasteiger partial charge in [0.05, 0.1) is 12.1 Å². The van der Waals surface area contributed by atoms with E-state index in [0.29, 0.717) is 12.1 Å². The lowest BCUT2D eigenvalue weighted by molar-refractivity contribution is -0.0308. The summed E-state index contributed by atoms with van der Waals surface area (Å²) in [4.78, 5) is 0. The number of rotatable bonds is 6. The maximum atomic E-state index is 6.10. The van der Waals surface area contributed by atoms with E-state index in [2.05, 4.69) is 12.3 Å². The van der Waals surface area contributed by atoms with Crippen molar-refractivity contribution in [1.82, 2.24) is 5.43 Å². The molecule has 2 fully saturated rings. The van der Waals surface area contributed by atoms with Crippen molar-refractivity contribution >= 4 is 0 Å². The van der Waals surface area contributed by atoms with Gasteiger partial charge in [-0.3, -0.25) is 11.3 Å². The highest BCUT2D eigenvalue weighted by molar-refractivity contribution is 4.90. The number of ether oxygens (including phenoxy) is 1. The summed E-state index contributed by atoms with van der Waals surface area (Å²) in [6, 6.07) is 0.371. The van der Waals surface area contributed by atoms with Crippen LogP contribution in [0.2, 0.25) is 0 Å². The zero-order valence-electron chi connectivity index (χ0n) is 11.9. The normalized spacial score (nSPS) is 26.3. The van der Waals surface area contributed by atoms with Gasteiger partial charge in [0.1, 0.15) is 0 Å². The van der Waals surface area contributed by atoms with Crippen LogP contribution in [-0.2, 0) is 4.74 Å². The predicted molar refractivity (Wildman–Crippen MR) is 75.1 cm³/mol. The first-order chi connectivity index (χ1) is 8.86. The van der Waals surface area contributed by atoms with Gasteiger partial charge in [-0.05, 0) is 44.4 Å². The average molecular weight is 254 g/mol. The Kier molecular flexibility index (Phi) is 5.93. The van der Waals surface area contributed by atoms with Crippen LogP contribution in [-0.4, -0.2) is 18.8 Å². The third-order valence-corrected chi connectivity index (χ3v) is 4.93. The monoisotopic (exact) mass is 254 g/mol. The van der Waals surface area contributed by atoms with Crippen molar-refractivity contribution in [3.63, 3.8) is 0 Å². The SMILES string of the molecule is CCOC(C1CCCCC1)C(NN)C1CCCC1. The highest BCUT2D eigenvalue weighted by Crippen LogP contribution is 2.35. The van der Waals surface area contributed by atoms with Crippen molar-refractivity contribution in [2.45, 2.75) is 76.9 Å². The Balaban J connectivity index is 2.00. The van der Waals surface area contributed by atoms with E-state index in [1.807, 2.05) is 0 Å². The molecule has 0 aromatic rings. The predicted octanol–water partition coefficient (Wildman–Crippen LogP) is 2.99. The third kappa shape index (κ3) is 3.46.